The highest BCUT2D eigenvalue weighted by Crippen LogP contribution is 2.38. The SMILES string of the molecule is CNCc1ccc2nc(C3CC3)[nH]c2c1. The average Bonchev–Trinajstić information content (AvgIpc) is 2.99. The number of imidazole rings is 1. The van der Waals surface area contributed by atoms with E-state index in [0.29, 0.717) is 5.92 Å². The van der Waals surface area contributed by atoms with Crippen LogP contribution in [0.3, 0.4) is 0 Å². The zero-order valence-electron chi connectivity index (χ0n) is 8.88. The Morgan fingerprint density at radius 3 is 3.07 bits per heavy atom. The lowest BCUT2D eigenvalue weighted by Gasteiger charge is -1.98. The topological polar surface area (TPSA) is 40.7 Å². The Morgan fingerprint density at radius 2 is 2.33 bits per heavy atom. The van der Waals surface area contributed by atoms with Gasteiger partial charge in [-0.05, 0) is 37.6 Å². The summed E-state index contributed by atoms with van der Waals surface area (Å²) in [6.07, 6.45) is 2.59. The third-order valence-electron chi connectivity index (χ3n) is 2.91. The van der Waals surface area contributed by atoms with E-state index in [-0.39, 0.29) is 0 Å². The maximum Gasteiger partial charge on any atom is 0.110 e. The van der Waals surface area contributed by atoms with Crippen LogP contribution in [0, 0.1) is 0 Å². The number of aromatic nitrogens is 2. The molecule has 2 N–H and O–H groups in total. The van der Waals surface area contributed by atoms with Crippen molar-refractivity contribution < 1.29 is 0 Å². The molecule has 1 aromatic heterocycles. The molecule has 15 heavy (non-hydrogen) atoms. The molecular formula is C12H15N3. The van der Waals surface area contributed by atoms with Crippen molar-refractivity contribution in [2.75, 3.05) is 7.05 Å². The number of fused-ring (bicyclic) bond motifs is 1. The zero-order chi connectivity index (χ0) is 10.3. The maximum atomic E-state index is 4.60. The fourth-order valence-corrected chi connectivity index (χ4v) is 1.94. The molecule has 0 spiro atoms. The number of H-pyrrole nitrogens is 1. The highest BCUT2D eigenvalue weighted by molar-refractivity contribution is 5.76. The van der Waals surface area contributed by atoms with Crippen LogP contribution in [0.4, 0.5) is 0 Å². The van der Waals surface area contributed by atoms with Crippen LogP contribution in [0.25, 0.3) is 11.0 Å². The van der Waals surface area contributed by atoms with E-state index >= 15 is 0 Å². The molecule has 0 unspecified atom stereocenters. The Morgan fingerprint density at radius 1 is 1.47 bits per heavy atom. The Balaban J connectivity index is 2.02. The first-order valence-corrected chi connectivity index (χ1v) is 5.50. The molecule has 0 bridgehead atoms. The molecule has 1 fully saturated rings. The summed E-state index contributed by atoms with van der Waals surface area (Å²) in [5, 5.41) is 3.16. The highest BCUT2D eigenvalue weighted by Gasteiger charge is 2.26. The second-order valence-electron chi connectivity index (χ2n) is 4.28. The first-order chi connectivity index (χ1) is 7.36. The van der Waals surface area contributed by atoms with Crippen molar-refractivity contribution in [1.82, 2.24) is 15.3 Å². The van der Waals surface area contributed by atoms with Crippen LogP contribution in [0.5, 0.6) is 0 Å². The summed E-state index contributed by atoms with van der Waals surface area (Å²) >= 11 is 0. The van der Waals surface area contributed by atoms with E-state index in [2.05, 4.69) is 33.5 Å². The summed E-state index contributed by atoms with van der Waals surface area (Å²) in [4.78, 5) is 8.02. The lowest BCUT2D eigenvalue weighted by molar-refractivity contribution is 0.819. The fourth-order valence-electron chi connectivity index (χ4n) is 1.94. The summed E-state index contributed by atoms with van der Waals surface area (Å²) in [6, 6.07) is 6.42. The second kappa shape index (κ2) is 3.35. The number of nitrogens with zero attached hydrogens (tertiary/aromatic N) is 1. The summed E-state index contributed by atoms with van der Waals surface area (Å²) in [6.45, 7) is 0.910. The van der Waals surface area contributed by atoms with Gasteiger partial charge >= 0.3 is 0 Å². The maximum absolute atomic E-state index is 4.60. The number of rotatable bonds is 3. The van der Waals surface area contributed by atoms with Crippen molar-refractivity contribution in [2.45, 2.75) is 25.3 Å². The molecular weight excluding hydrogens is 186 g/mol. The standard InChI is InChI=1S/C12H15N3/c1-13-7-8-2-5-10-11(6-8)15-12(14-10)9-3-4-9/h2,5-6,9,13H,3-4,7H2,1H3,(H,14,15). The van der Waals surface area contributed by atoms with E-state index in [4.69, 9.17) is 0 Å². The highest BCUT2D eigenvalue weighted by atomic mass is 14.9. The number of nitrogens with one attached hydrogen (secondary N) is 2. The van der Waals surface area contributed by atoms with Gasteiger partial charge in [0.15, 0.2) is 0 Å². The molecule has 0 aliphatic heterocycles. The molecule has 1 heterocycles. The van der Waals surface area contributed by atoms with E-state index in [1.807, 2.05) is 7.05 Å². The van der Waals surface area contributed by atoms with Gasteiger partial charge in [-0.2, -0.15) is 0 Å². The van der Waals surface area contributed by atoms with E-state index < -0.39 is 0 Å². The van der Waals surface area contributed by atoms with Gasteiger partial charge < -0.3 is 10.3 Å². The first kappa shape index (κ1) is 8.92. The van der Waals surface area contributed by atoms with Gasteiger partial charge in [0.1, 0.15) is 5.82 Å². The molecule has 0 atom stereocenters. The summed E-state index contributed by atoms with van der Waals surface area (Å²) in [7, 11) is 1.97. The predicted octanol–water partition coefficient (Wildman–Crippen LogP) is 2.16. The molecule has 1 aliphatic rings. The van der Waals surface area contributed by atoms with Crippen molar-refractivity contribution in [3.8, 4) is 0 Å². The Kier molecular flexibility index (Phi) is 1.99. The Labute approximate surface area is 88.9 Å². The van der Waals surface area contributed by atoms with Crippen LogP contribution >= 0.6 is 0 Å². The minimum absolute atomic E-state index is 0.699. The molecule has 78 valence electrons. The smallest absolute Gasteiger partial charge is 0.110 e. The van der Waals surface area contributed by atoms with E-state index in [9.17, 15) is 0 Å². The van der Waals surface area contributed by atoms with Crippen molar-refractivity contribution >= 4 is 11.0 Å². The number of benzene rings is 1. The molecule has 3 heteroatoms. The van der Waals surface area contributed by atoms with E-state index in [1.165, 1.54) is 29.7 Å². The van der Waals surface area contributed by atoms with Gasteiger partial charge in [0, 0.05) is 12.5 Å². The van der Waals surface area contributed by atoms with Crippen LogP contribution in [0.15, 0.2) is 18.2 Å². The molecule has 1 aromatic carbocycles. The van der Waals surface area contributed by atoms with Crippen LogP contribution in [0.2, 0.25) is 0 Å². The van der Waals surface area contributed by atoms with Gasteiger partial charge in [0.2, 0.25) is 0 Å². The monoisotopic (exact) mass is 201 g/mol. The van der Waals surface area contributed by atoms with E-state index in [1.54, 1.807) is 0 Å². The molecule has 3 rings (SSSR count). The van der Waals surface area contributed by atoms with Crippen molar-refractivity contribution in [3.05, 3.63) is 29.6 Å². The van der Waals surface area contributed by atoms with E-state index in [0.717, 1.165) is 12.1 Å². The number of aromatic amines is 1. The van der Waals surface area contributed by atoms with Gasteiger partial charge in [-0.3, -0.25) is 0 Å². The number of hydrogen-bond donors (Lipinski definition) is 2. The van der Waals surface area contributed by atoms with Gasteiger partial charge in [-0.1, -0.05) is 6.07 Å². The molecule has 2 aromatic rings. The Bertz CT molecular complexity index is 483. The van der Waals surface area contributed by atoms with Crippen LogP contribution in [-0.2, 0) is 6.54 Å². The van der Waals surface area contributed by atoms with Gasteiger partial charge in [-0.25, -0.2) is 4.98 Å². The summed E-state index contributed by atoms with van der Waals surface area (Å²) in [5.41, 5.74) is 3.57. The molecule has 0 radical (unpaired) electrons. The predicted molar refractivity (Wildman–Crippen MR) is 60.8 cm³/mol. The minimum atomic E-state index is 0.699. The molecule has 1 aliphatic carbocycles. The molecule has 1 saturated carbocycles. The second-order valence-corrected chi connectivity index (χ2v) is 4.28. The summed E-state index contributed by atoms with van der Waals surface area (Å²) in [5.74, 6) is 1.87. The normalized spacial score (nSPS) is 16.1. The van der Waals surface area contributed by atoms with Gasteiger partial charge in [0.05, 0.1) is 11.0 Å². The largest absolute Gasteiger partial charge is 0.342 e. The third kappa shape index (κ3) is 1.63. The first-order valence-electron chi connectivity index (χ1n) is 5.50. The van der Waals surface area contributed by atoms with Crippen LogP contribution < -0.4 is 5.32 Å². The fraction of sp³-hybridized carbons (Fsp3) is 0.417. The molecule has 0 saturated heterocycles. The van der Waals surface area contributed by atoms with Crippen molar-refractivity contribution in [2.24, 2.45) is 0 Å². The van der Waals surface area contributed by atoms with Crippen LogP contribution in [0.1, 0.15) is 30.1 Å². The van der Waals surface area contributed by atoms with Gasteiger partial charge in [0.25, 0.3) is 0 Å². The van der Waals surface area contributed by atoms with Crippen LogP contribution in [-0.4, -0.2) is 17.0 Å². The van der Waals surface area contributed by atoms with Crippen molar-refractivity contribution in [3.63, 3.8) is 0 Å². The third-order valence-corrected chi connectivity index (χ3v) is 2.91. The Hall–Kier alpha value is -1.35. The lowest BCUT2D eigenvalue weighted by Crippen LogP contribution is -2.04. The lowest BCUT2D eigenvalue weighted by atomic mass is 10.2. The summed E-state index contributed by atoms with van der Waals surface area (Å²) < 4.78 is 0. The number of hydrogen-bond acceptors (Lipinski definition) is 2. The van der Waals surface area contributed by atoms with Gasteiger partial charge in [-0.15, -0.1) is 0 Å². The van der Waals surface area contributed by atoms with Crippen molar-refractivity contribution in [1.29, 1.82) is 0 Å². The average molecular weight is 201 g/mol. The molecule has 0 amide bonds. The zero-order valence-corrected chi connectivity index (χ0v) is 8.88. The molecule has 3 nitrogen and oxygen atoms in total. The quantitative estimate of drug-likeness (QED) is 0.799. The minimum Gasteiger partial charge on any atom is -0.342 e.